The Hall–Kier alpha value is -0.570. The Morgan fingerprint density at radius 1 is 1.41 bits per heavy atom. The Bertz CT molecular complexity index is 271. The third kappa shape index (κ3) is 2.82. The van der Waals surface area contributed by atoms with Crippen molar-refractivity contribution in [2.24, 2.45) is 11.3 Å². The van der Waals surface area contributed by atoms with E-state index in [1.54, 1.807) is 0 Å². The van der Waals surface area contributed by atoms with Crippen molar-refractivity contribution in [1.82, 2.24) is 10.2 Å². The molecule has 0 bridgehead atoms. The average molecular weight is 238 g/mol. The van der Waals surface area contributed by atoms with Gasteiger partial charge >= 0.3 is 0 Å². The predicted octanol–water partition coefficient (Wildman–Crippen LogP) is 2.02. The number of amides is 1. The summed E-state index contributed by atoms with van der Waals surface area (Å²) in [6.07, 6.45) is 5.71. The third-order valence-corrected chi connectivity index (χ3v) is 4.61. The van der Waals surface area contributed by atoms with Gasteiger partial charge in [0.05, 0.1) is 0 Å². The van der Waals surface area contributed by atoms with Gasteiger partial charge in [0.15, 0.2) is 0 Å². The van der Waals surface area contributed by atoms with Crippen LogP contribution in [0, 0.1) is 11.3 Å². The van der Waals surface area contributed by atoms with E-state index in [4.69, 9.17) is 0 Å². The van der Waals surface area contributed by atoms with Crippen LogP contribution in [0.25, 0.3) is 0 Å². The molecule has 0 aromatic heterocycles. The van der Waals surface area contributed by atoms with Crippen molar-refractivity contribution in [3.8, 4) is 0 Å². The number of hydrogen-bond donors (Lipinski definition) is 1. The highest BCUT2D eigenvalue weighted by molar-refractivity contribution is 5.82. The zero-order valence-corrected chi connectivity index (χ0v) is 11.3. The monoisotopic (exact) mass is 238 g/mol. The highest BCUT2D eigenvalue weighted by atomic mass is 16.2. The smallest absolute Gasteiger partial charge is 0.228 e. The number of nitrogens with one attached hydrogen (secondary N) is 1. The number of carbonyl (C=O) groups is 1. The lowest BCUT2D eigenvalue weighted by atomic mass is 9.79. The number of piperidine rings is 2. The largest absolute Gasteiger partial charge is 0.342 e. The number of hydrogen-bond acceptors (Lipinski definition) is 2. The minimum Gasteiger partial charge on any atom is -0.342 e. The summed E-state index contributed by atoms with van der Waals surface area (Å²) in [7, 11) is 0. The Morgan fingerprint density at radius 2 is 2.12 bits per heavy atom. The molecule has 1 unspecified atom stereocenters. The lowest BCUT2D eigenvalue weighted by Gasteiger charge is -2.40. The number of rotatable bonds is 2. The molecule has 2 aliphatic rings. The molecule has 2 saturated heterocycles. The van der Waals surface area contributed by atoms with Gasteiger partial charge in [-0.2, -0.15) is 0 Å². The van der Waals surface area contributed by atoms with Gasteiger partial charge in [0, 0.05) is 18.5 Å². The van der Waals surface area contributed by atoms with Crippen LogP contribution in [-0.4, -0.2) is 37.0 Å². The highest BCUT2D eigenvalue weighted by Gasteiger charge is 2.38. The first kappa shape index (κ1) is 12.9. The van der Waals surface area contributed by atoms with Crippen molar-refractivity contribution in [1.29, 1.82) is 0 Å². The molecular formula is C14H26N2O. The molecule has 1 atom stereocenters. The molecule has 0 saturated carbocycles. The quantitative estimate of drug-likeness (QED) is 0.798. The molecule has 17 heavy (non-hydrogen) atoms. The summed E-state index contributed by atoms with van der Waals surface area (Å²) in [5.41, 5.74) is -0.0963. The number of carbonyl (C=O) groups excluding carboxylic acids is 1. The Balaban J connectivity index is 1.98. The summed E-state index contributed by atoms with van der Waals surface area (Å²) in [6, 6.07) is 0. The fraction of sp³-hybridized carbons (Fsp3) is 0.929. The second-order valence-electron chi connectivity index (χ2n) is 5.98. The van der Waals surface area contributed by atoms with Crippen LogP contribution in [0.1, 0.15) is 46.0 Å². The molecule has 2 heterocycles. The van der Waals surface area contributed by atoms with E-state index in [-0.39, 0.29) is 5.41 Å². The van der Waals surface area contributed by atoms with Crippen LogP contribution in [0.3, 0.4) is 0 Å². The maximum absolute atomic E-state index is 12.6. The Morgan fingerprint density at radius 3 is 2.76 bits per heavy atom. The van der Waals surface area contributed by atoms with E-state index in [0.717, 1.165) is 44.9 Å². The zero-order chi connectivity index (χ0) is 12.3. The van der Waals surface area contributed by atoms with Crippen LogP contribution in [-0.2, 0) is 4.79 Å². The first-order chi connectivity index (χ1) is 8.15. The van der Waals surface area contributed by atoms with Crippen molar-refractivity contribution in [3.05, 3.63) is 0 Å². The van der Waals surface area contributed by atoms with Gasteiger partial charge in [-0.3, -0.25) is 4.79 Å². The molecule has 3 nitrogen and oxygen atoms in total. The molecular weight excluding hydrogens is 212 g/mol. The first-order valence-corrected chi connectivity index (χ1v) is 7.16. The SMILES string of the molecule is CCC1CCCN(C(=O)C2(C)CCNCC2)C1. The average Bonchev–Trinajstić information content (AvgIpc) is 2.39. The Labute approximate surface area is 105 Å². The van der Waals surface area contributed by atoms with E-state index < -0.39 is 0 Å². The van der Waals surface area contributed by atoms with Gasteiger partial charge in [-0.05, 0) is 44.7 Å². The third-order valence-electron chi connectivity index (χ3n) is 4.61. The summed E-state index contributed by atoms with van der Waals surface area (Å²) in [5, 5.41) is 3.35. The standard InChI is InChI=1S/C14H26N2O/c1-3-12-5-4-10-16(11-12)13(17)14(2)6-8-15-9-7-14/h12,15H,3-11H2,1-2H3. The predicted molar refractivity (Wildman–Crippen MR) is 69.8 cm³/mol. The van der Waals surface area contributed by atoms with Gasteiger partial charge < -0.3 is 10.2 Å². The van der Waals surface area contributed by atoms with Crippen molar-refractivity contribution in [3.63, 3.8) is 0 Å². The summed E-state index contributed by atoms with van der Waals surface area (Å²) in [5.74, 6) is 1.15. The van der Waals surface area contributed by atoms with Gasteiger partial charge in [-0.15, -0.1) is 0 Å². The molecule has 1 amide bonds. The normalized spacial score (nSPS) is 29.1. The van der Waals surface area contributed by atoms with Gasteiger partial charge in [0.1, 0.15) is 0 Å². The van der Waals surface area contributed by atoms with Crippen LogP contribution in [0.2, 0.25) is 0 Å². The lowest BCUT2D eigenvalue weighted by molar-refractivity contribution is -0.144. The molecule has 2 aliphatic heterocycles. The van der Waals surface area contributed by atoms with Crippen molar-refractivity contribution >= 4 is 5.91 Å². The summed E-state index contributed by atoms with van der Waals surface area (Å²) >= 11 is 0. The maximum atomic E-state index is 12.6. The minimum atomic E-state index is -0.0963. The number of nitrogens with zero attached hydrogens (tertiary/aromatic N) is 1. The number of likely N-dealkylation sites (tertiary alicyclic amines) is 1. The van der Waals surface area contributed by atoms with E-state index >= 15 is 0 Å². The van der Waals surface area contributed by atoms with E-state index in [1.165, 1.54) is 19.3 Å². The lowest BCUT2D eigenvalue weighted by Crippen LogP contribution is -2.50. The molecule has 1 N–H and O–H groups in total. The van der Waals surface area contributed by atoms with Gasteiger partial charge in [0.2, 0.25) is 5.91 Å². The maximum Gasteiger partial charge on any atom is 0.228 e. The van der Waals surface area contributed by atoms with Gasteiger partial charge in [-0.1, -0.05) is 20.3 Å². The van der Waals surface area contributed by atoms with Crippen LogP contribution >= 0.6 is 0 Å². The van der Waals surface area contributed by atoms with Crippen molar-refractivity contribution in [2.45, 2.75) is 46.0 Å². The fourth-order valence-electron chi connectivity index (χ4n) is 3.16. The van der Waals surface area contributed by atoms with E-state index in [1.807, 2.05) is 0 Å². The van der Waals surface area contributed by atoms with Gasteiger partial charge in [0.25, 0.3) is 0 Å². The topological polar surface area (TPSA) is 32.3 Å². The molecule has 3 heteroatoms. The van der Waals surface area contributed by atoms with E-state index in [2.05, 4.69) is 24.1 Å². The first-order valence-electron chi connectivity index (χ1n) is 7.16. The molecule has 0 radical (unpaired) electrons. The van der Waals surface area contributed by atoms with Crippen LogP contribution in [0.4, 0.5) is 0 Å². The van der Waals surface area contributed by atoms with Gasteiger partial charge in [-0.25, -0.2) is 0 Å². The molecule has 0 aromatic carbocycles. The Kier molecular flexibility index (Phi) is 4.08. The minimum absolute atomic E-state index is 0.0963. The second-order valence-corrected chi connectivity index (χ2v) is 5.98. The molecule has 0 aliphatic carbocycles. The summed E-state index contributed by atoms with van der Waals surface area (Å²) in [4.78, 5) is 14.8. The molecule has 0 spiro atoms. The highest BCUT2D eigenvalue weighted by Crippen LogP contribution is 2.32. The molecule has 2 fully saturated rings. The molecule has 2 rings (SSSR count). The summed E-state index contributed by atoms with van der Waals surface area (Å²) < 4.78 is 0. The van der Waals surface area contributed by atoms with Crippen LogP contribution < -0.4 is 5.32 Å². The fourth-order valence-corrected chi connectivity index (χ4v) is 3.16. The van der Waals surface area contributed by atoms with Crippen LogP contribution in [0.15, 0.2) is 0 Å². The zero-order valence-electron chi connectivity index (χ0n) is 11.3. The molecule has 98 valence electrons. The summed E-state index contributed by atoms with van der Waals surface area (Å²) in [6.45, 7) is 8.37. The molecule has 0 aromatic rings. The van der Waals surface area contributed by atoms with E-state index in [0.29, 0.717) is 5.91 Å². The van der Waals surface area contributed by atoms with E-state index in [9.17, 15) is 4.79 Å². The second kappa shape index (κ2) is 5.38. The van der Waals surface area contributed by atoms with Crippen LogP contribution in [0.5, 0.6) is 0 Å². The van der Waals surface area contributed by atoms with Crippen molar-refractivity contribution in [2.75, 3.05) is 26.2 Å². The van der Waals surface area contributed by atoms with Crippen molar-refractivity contribution < 1.29 is 4.79 Å².